The van der Waals surface area contributed by atoms with Crippen molar-refractivity contribution in [2.45, 2.75) is 83.2 Å². The van der Waals surface area contributed by atoms with Crippen molar-refractivity contribution in [3.05, 3.63) is 11.8 Å². The first-order chi connectivity index (χ1) is 15.6. The van der Waals surface area contributed by atoms with E-state index in [4.69, 9.17) is 15.7 Å². The van der Waals surface area contributed by atoms with Crippen molar-refractivity contribution in [2.24, 2.45) is 40.5 Å². The van der Waals surface area contributed by atoms with Crippen LogP contribution in [0.3, 0.4) is 0 Å². The molecule has 4 N–H and O–H groups in total. The number of nitrogens with one attached hydrogen (secondary N) is 1. The Hall–Kier alpha value is -2.25. The summed E-state index contributed by atoms with van der Waals surface area (Å²) in [7, 11) is 0. The summed E-state index contributed by atoms with van der Waals surface area (Å²) >= 11 is 0. The zero-order chi connectivity index (χ0) is 22.1. The monoisotopic (exact) mass is 443 g/mol. The number of aromatic nitrogens is 2. The number of carbonyl (C=O) groups is 1. The average Bonchev–Trinajstić information content (AvgIpc) is 3.21. The van der Waals surface area contributed by atoms with Crippen LogP contribution in [0.2, 0.25) is 0 Å². The molecule has 5 fully saturated rings. The number of nitrogens with zero attached hydrogens (tertiary/aromatic N) is 3. The Morgan fingerprint density at radius 1 is 1.16 bits per heavy atom. The summed E-state index contributed by atoms with van der Waals surface area (Å²) in [5.74, 6) is 4.10. The fourth-order valence-electron chi connectivity index (χ4n) is 7.05. The number of ether oxygens (including phenoxy) is 1. The Morgan fingerprint density at radius 2 is 1.84 bits per heavy atom. The Bertz CT molecular complexity index is 817. The molecule has 4 bridgehead atoms. The van der Waals surface area contributed by atoms with E-state index in [-0.39, 0.29) is 17.8 Å². The van der Waals surface area contributed by atoms with Crippen molar-refractivity contribution >= 4 is 11.7 Å². The molecule has 0 aromatic carbocycles. The number of rotatable bonds is 8. The highest BCUT2D eigenvalue weighted by atomic mass is 16.5. The van der Waals surface area contributed by atoms with Gasteiger partial charge in [-0.2, -0.15) is 5.10 Å². The third-order valence-corrected chi connectivity index (χ3v) is 8.45. The zero-order valence-electron chi connectivity index (χ0n) is 18.9. The van der Waals surface area contributed by atoms with Gasteiger partial charge in [-0.05, 0) is 74.5 Å². The van der Waals surface area contributed by atoms with Gasteiger partial charge in [0.05, 0.1) is 19.3 Å². The van der Waals surface area contributed by atoms with Crippen LogP contribution in [0, 0.1) is 29.6 Å². The molecule has 6 rings (SSSR count). The predicted molar refractivity (Wildman–Crippen MR) is 121 cm³/mol. The van der Waals surface area contributed by atoms with Crippen molar-refractivity contribution in [1.29, 1.82) is 0 Å². The van der Waals surface area contributed by atoms with E-state index in [2.05, 4.69) is 15.6 Å². The first-order valence-electron chi connectivity index (χ1n) is 12.6. The van der Waals surface area contributed by atoms with Crippen molar-refractivity contribution < 1.29 is 14.7 Å². The van der Waals surface area contributed by atoms with Crippen LogP contribution in [0.15, 0.2) is 11.4 Å². The van der Waals surface area contributed by atoms with Crippen LogP contribution < -0.4 is 15.8 Å². The molecule has 8 nitrogen and oxygen atoms in total. The molecule has 32 heavy (non-hydrogen) atoms. The molecule has 5 saturated carbocycles. The smallest absolute Gasteiger partial charge is 0.258 e. The number of hydrogen-bond donors (Lipinski definition) is 3. The van der Waals surface area contributed by atoms with E-state index in [9.17, 15) is 4.79 Å². The summed E-state index contributed by atoms with van der Waals surface area (Å²) in [5.41, 5.74) is 6.17. The van der Waals surface area contributed by atoms with Crippen molar-refractivity contribution in [2.75, 3.05) is 6.61 Å². The van der Waals surface area contributed by atoms with Gasteiger partial charge in [0, 0.05) is 12.5 Å². The van der Waals surface area contributed by atoms with Crippen LogP contribution >= 0.6 is 0 Å². The first-order valence-corrected chi connectivity index (χ1v) is 12.6. The number of amidine groups is 1. The molecule has 5 aliphatic rings. The Balaban J connectivity index is 1.30. The minimum absolute atomic E-state index is 0.0730. The largest absolute Gasteiger partial charge is 0.477 e. The van der Waals surface area contributed by atoms with Gasteiger partial charge in [-0.1, -0.05) is 24.4 Å². The first kappa shape index (κ1) is 21.6. The number of nitrogens with two attached hydrogens (primary N) is 1. The van der Waals surface area contributed by atoms with Gasteiger partial charge in [0.15, 0.2) is 0 Å². The molecule has 8 heteroatoms. The topological polar surface area (TPSA) is 115 Å². The fourth-order valence-corrected chi connectivity index (χ4v) is 7.05. The van der Waals surface area contributed by atoms with Crippen LogP contribution in [-0.4, -0.2) is 39.4 Å². The second kappa shape index (κ2) is 9.32. The van der Waals surface area contributed by atoms with Gasteiger partial charge in [-0.15, -0.1) is 0 Å². The maximum Gasteiger partial charge on any atom is 0.258 e. The van der Waals surface area contributed by atoms with E-state index in [1.54, 1.807) is 10.9 Å². The van der Waals surface area contributed by atoms with Crippen molar-refractivity contribution in [3.8, 4) is 5.88 Å². The van der Waals surface area contributed by atoms with Crippen molar-refractivity contribution in [1.82, 2.24) is 15.1 Å². The lowest BCUT2D eigenvalue weighted by atomic mass is 9.54. The van der Waals surface area contributed by atoms with Gasteiger partial charge in [0.1, 0.15) is 11.4 Å². The fraction of sp³-hybridized carbons (Fsp3) is 0.792. The third kappa shape index (κ3) is 4.46. The molecular weight excluding hydrogens is 406 g/mol. The molecule has 0 saturated heterocycles. The van der Waals surface area contributed by atoms with Gasteiger partial charge in [-0.25, -0.2) is 4.68 Å². The van der Waals surface area contributed by atoms with Gasteiger partial charge in [0.25, 0.3) is 5.91 Å². The molecule has 1 aromatic heterocycles. The van der Waals surface area contributed by atoms with Crippen LogP contribution in [0.1, 0.15) is 81.0 Å². The minimum Gasteiger partial charge on any atom is -0.477 e. The SMILES string of the molecule is N/C(CCn1ncc(C(=O)NC2C3CC4CC(C3)CC2C4)c1OCC1CCCCC1)=N\O. The number of amides is 1. The lowest BCUT2D eigenvalue weighted by molar-refractivity contribution is -0.0120. The number of oxime groups is 1. The third-order valence-electron chi connectivity index (χ3n) is 8.45. The Labute approximate surface area is 189 Å². The predicted octanol–water partition coefficient (Wildman–Crippen LogP) is 3.53. The van der Waals surface area contributed by atoms with Gasteiger partial charge >= 0.3 is 0 Å². The highest BCUT2D eigenvalue weighted by molar-refractivity contribution is 5.96. The van der Waals surface area contributed by atoms with Crippen molar-refractivity contribution in [3.63, 3.8) is 0 Å². The highest BCUT2D eigenvalue weighted by Gasteiger charge is 2.48. The van der Waals surface area contributed by atoms with Crippen LogP contribution in [0.25, 0.3) is 0 Å². The van der Waals surface area contributed by atoms with Crippen LogP contribution in [0.4, 0.5) is 0 Å². The Morgan fingerprint density at radius 3 is 2.50 bits per heavy atom. The molecule has 5 aliphatic carbocycles. The molecule has 176 valence electrons. The zero-order valence-corrected chi connectivity index (χ0v) is 18.9. The summed E-state index contributed by atoms with van der Waals surface area (Å²) in [6.07, 6.45) is 14.6. The van der Waals surface area contributed by atoms with E-state index in [1.807, 2.05) is 0 Å². The lowest BCUT2D eigenvalue weighted by Crippen LogP contribution is -2.55. The molecule has 0 radical (unpaired) electrons. The van der Waals surface area contributed by atoms with E-state index in [0.717, 1.165) is 11.8 Å². The molecule has 0 spiro atoms. The lowest BCUT2D eigenvalue weighted by Gasteiger charge is -2.54. The molecule has 1 aromatic rings. The summed E-state index contributed by atoms with van der Waals surface area (Å²) in [6.45, 7) is 1.01. The van der Waals surface area contributed by atoms with E-state index in [1.165, 1.54) is 64.2 Å². The van der Waals surface area contributed by atoms with E-state index in [0.29, 0.717) is 48.8 Å². The van der Waals surface area contributed by atoms with Gasteiger partial charge in [0.2, 0.25) is 5.88 Å². The molecule has 0 aliphatic heterocycles. The van der Waals surface area contributed by atoms with Gasteiger partial charge < -0.3 is 21.0 Å². The summed E-state index contributed by atoms with van der Waals surface area (Å²) in [5, 5.41) is 19.7. The molecule has 1 amide bonds. The second-order valence-corrected chi connectivity index (χ2v) is 10.7. The summed E-state index contributed by atoms with van der Waals surface area (Å²) < 4.78 is 7.93. The number of hydrogen-bond acceptors (Lipinski definition) is 5. The quantitative estimate of drug-likeness (QED) is 0.246. The molecular formula is C24H37N5O3. The van der Waals surface area contributed by atoms with E-state index >= 15 is 0 Å². The summed E-state index contributed by atoms with van der Waals surface area (Å²) in [6, 6.07) is 0.280. The van der Waals surface area contributed by atoms with Crippen LogP contribution in [-0.2, 0) is 6.54 Å². The average molecular weight is 444 g/mol. The second-order valence-electron chi connectivity index (χ2n) is 10.7. The Kier molecular flexibility index (Phi) is 6.28. The van der Waals surface area contributed by atoms with Crippen LogP contribution in [0.5, 0.6) is 5.88 Å². The standard InChI is InChI=1S/C24H37N5O3/c25-21(28-31)6-7-29-24(32-14-15-4-2-1-3-5-15)20(13-26-29)23(30)27-22-18-9-16-8-17(11-18)12-19(22)10-16/h13,15-19,22,31H,1-12,14H2,(H2,25,28)(H,27,30). The minimum atomic E-state index is -0.0730. The van der Waals surface area contributed by atoms with E-state index < -0.39 is 0 Å². The number of aryl methyl sites for hydroxylation is 1. The maximum absolute atomic E-state index is 13.4. The number of carbonyl (C=O) groups excluding carboxylic acids is 1. The maximum atomic E-state index is 13.4. The molecule has 1 heterocycles. The highest BCUT2D eigenvalue weighted by Crippen LogP contribution is 2.53. The summed E-state index contributed by atoms with van der Waals surface area (Å²) in [4.78, 5) is 13.4. The normalized spacial score (nSPS) is 32.2. The molecule has 0 atom stereocenters. The van der Waals surface area contributed by atoms with Gasteiger partial charge in [-0.3, -0.25) is 4.79 Å². The molecule has 0 unspecified atom stereocenters.